The van der Waals surface area contributed by atoms with E-state index in [0.717, 1.165) is 6.42 Å². The summed E-state index contributed by atoms with van der Waals surface area (Å²) in [5.41, 5.74) is 2.12. The van der Waals surface area contributed by atoms with E-state index in [-0.39, 0.29) is 11.6 Å². The van der Waals surface area contributed by atoms with Crippen LogP contribution in [-0.2, 0) is 6.42 Å². The second-order valence-electron chi connectivity index (χ2n) is 4.52. The summed E-state index contributed by atoms with van der Waals surface area (Å²) in [4.78, 5) is 11.9. The minimum absolute atomic E-state index is 0.123. The molecule has 0 saturated heterocycles. The standard InChI is InChI=1S/C17H15BrFNO/c1-2-12-3-5-13(6-4-12)17(21)9-10-20-16-8-7-14(18)11-15(16)19/h3-11,20H,2H2,1H3/b10-9+. The van der Waals surface area contributed by atoms with Gasteiger partial charge in [-0.1, -0.05) is 47.1 Å². The molecule has 2 aromatic rings. The summed E-state index contributed by atoms with van der Waals surface area (Å²) in [5.74, 6) is -0.503. The Morgan fingerprint density at radius 3 is 2.57 bits per heavy atom. The molecule has 108 valence electrons. The van der Waals surface area contributed by atoms with Gasteiger partial charge in [0, 0.05) is 22.3 Å². The van der Waals surface area contributed by atoms with Crippen molar-refractivity contribution >= 4 is 27.4 Å². The molecule has 0 radical (unpaired) electrons. The molecule has 0 aliphatic rings. The molecule has 0 aliphatic carbocycles. The summed E-state index contributed by atoms with van der Waals surface area (Å²) in [6.07, 6.45) is 3.78. The van der Waals surface area contributed by atoms with Crippen molar-refractivity contribution in [3.8, 4) is 0 Å². The molecule has 0 aliphatic heterocycles. The van der Waals surface area contributed by atoms with Crippen molar-refractivity contribution in [3.05, 3.63) is 76.2 Å². The largest absolute Gasteiger partial charge is 0.359 e. The Morgan fingerprint density at radius 2 is 1.95 bits per heavy atom. The summed E-state index contributed by atoms with van der Waals surface area (Å²) in [6, 6.07) is 12.2. The number of hydrogen-bond acceptors (Lipinski definition) is 2. The highest BCUT2D eigenvalue weighted by Gasteiger charge is 2.02. The number of aryl methyl sites for hydroxylation is 1. The Balaban J connectivity index is 2.01. The number of allylic oxidation sites excluding steroid dienone is 1. The van der Waals surface area contributed by atoms with E-state index in [1.165, 1.54) is 23.9 Å². The normalized spacial score (nSPS) is 10.8. The minimum Gasteiger partial charge on any atom is -0.359 e. The summed E-state index contributed by atoms with van der Waals surface area (Å²) in [6.45, 7) is 2.06. The molecule has 0 atom stereocenters. The molecule has 2 nitrogen and oxygen atoms in total. The SMILES string of the molecule is CCc1ccc(C(=O)/C=C/Nc2ccc(Br)cc2F)cc1. The second-order valence-corrected chi connectivity index (χ2v) is 5.43. The van der Waals surface area contributed by atoms with Gasteiger partial charge in [0.2, 0.25) is 0 Å². The molecule has 1 N–H and O–H groups in total. The lowest BCUT2D eigenvalue weighted by Crippen LogP contribution is -1.97. The van der Waals surface area contributed by atoms with Crippen molar-refractivity contribution in [1.29, 1.82) is 0 Å². The van der Waals surface area contributed by atoms with Crippen LogP contribution < -0.4 is 5.32 Å². The first-order chi connectivity index (χ1) is 10.1. The molecule has 2 aromatic carbocycles. The van der Waals surface area contributed by atoms with Crippen molar-refractivity contribution in [2.24, 2.45) is 0 Å². The maximum atomic E-state index is 13.6. The van der Waals surface area contributed by atoms with Crippen LogP contribution in [0, 0.1) is 5.82 Å². The number of carbonyl (C=O) groups excluding carboxylic acids is 1. The van der Waals surface area contributed by atoms with Gasteiger partial charge in [0.1, 0.15) is 5.82 Å². The first-order valence-electron chi connectivity index (χ1n) is 6.61. The molecule has 2 rings (SSSR count). The van der Waals surface area contributed by atoms with Gasteiger partial charge >= 0.3 is 0 Å². The highest BCUT2D eigenvalue weighted by molar-refractivity contribution is 9.10. The van der Waals surface area contributed by atoms with Gasteiger partial charge < -0.3 is 5.32 Å². The molecule has 0 spiro atoms. The summed E-state index contributed by atoms with van der Waals surface area (Å²) >= 11 is 3.19. The lowest BCUT2D eigenvalue weighted by molar-refractivity contribution is 0.104. The van der Waals surface area contributed by atoms with Gasteiger partial charge in [-0.05, 0) is 30.2 Å². The van der Waals surface area contributed by atoms with Crippen molar-refractivity contribution in [3.63, 3.8) is 0 Å². The average Bonchev–Trinajstić information content (AvgIpc) is 2.49. The molecular weight excluding hydrogens is 333 g/mol. The fraction of sp³-hybridized carbons (Fsp3) is 0.118. The van der Waals surface area contributed by atoms with Gasteiger partial charge in [0.15, 0.2) is 5.78 Å². The minimum atomic E-state index is -0.381. The summed E-state index contributed by atoms with van der Waals surface area (Å²) in [7, 11) is 0. The van der Waals surface area contributed by atoms with Gasteiger partial charge in [-0.2, -0.15) is 0 Å². The Bertz CT molecular complexity index is 665. The lowest BCUT2D eigenvalue weighted by atomic mass is 10.1. The molecule has 0 bridgehead atoms. The Morgan fingerprint density at radius 1 is 1.24 bits per heavy atom. The topological polar surface area (TPSA) is 29.1 Å². The van der Waals surface area contributed by atoms with E-state index in [9.17, 15) is 9.18 Å². The number of nitrogens with one attached hydrogen (secondary N) is 1. The van der Waals surface area contributed by atoms with Gasteiger partial charge in [-0.25, -0.2) is 4.39 Å². The third kappa shape index (κ3) is 4.26. The van der Waals surface area contributed by atoms with Crippen molar-refractivity contribution in [1.82, 2.24) is 0 Å². The predicted molar refractivity (Wildman–Crippen MR) is 87.0 cm³/mol. The predicted octanol–water partition coefficient (Wildman–Crippen LogP) is 4.96. The van der Waals surface area contributed by atoms with Gasteiger partial charge in [0.05, 0.1) is 5.69 Å². The van der Waals surface area contributed by atoms with E-state index in [1.807, 2.05) is 12.1 Å². The first kappa shape index (κ1) is 15.4. The fourth-order valence-corrected chi connectivity index (χ4v) is 2.15. The summed E-state index contributed by atoms with van der Waals surface area (Å²) < 4.78 is 14.2. The number of carbonyl (C=O) groups is 1. The average molecular weight is 348 g/mol. The lowest BCUT2D eigenvalue weighted by Gasteiger charge is -2.03. The monoisotopic (exact) mass is 347 g/mol. The zero-order valence-corrected chi connectivity index (χ0v) is 13.2. The van der Waals surface area contributed by atoms with E-state index < -0.39 is 0 Å². The number of anilines is 1. The zero-order chi connectivity index (χ0) is 15.2. The van der Waals surface area contributed by atoms with Crippen LogP contribution in [0.25, 0.3) is 0 Å². The van der Waals surface area contributed by atoms with Gasteiger partial charge in [0.25, 0.3) is 0 Å². The quantitative estimate of drug-likeness (QED) is 0.611. The highest BCUT2D eigenvalue weighted by Crippen LogP contribution is 2.19. The van der Waals surface area contributed by atoms with Crippen LogP contribution in [0.2, 0.25) is 0 Å². The van der Waals surface area contributed by atoms with Crippen LogP contribution in [0.1, 0.15) is 22.8 Å². The van der Waals surface area contributed by atoms with Crippen LogP contribution >= 0.6 is 15.9 Å². The molecule has 0 fully saturated rings. The van der Waals surface area contributed by atoms with Crippen LogP contribution in [0.4, 0.5) is 10.1 Å². The van der Waals surface area contributed by atoms with Crippen LogP contribution in [0.5, 0.6) is 0 Å². The maximum absolute atomic E-state index is 13.6. The third-order valence-electron chi connectivity index (χ3n) is 3.05. The number of halogens is 2. The van der Waals surface area contributed by atoms with Gasteiger partial charge in [-0.3, -0.25) is 4.79 Å². The molecule has 0 aromatic heterocycles. The molecule has 0 amide bonds. The Kier molecular flexibility index (Phi) is 5.28. The molecule has 0 heterocycles. The number of hydrogen-bond donors (Lipinski definition) is 1. The van der Waals surface area contributed by atoms with Crippen LogP contribution in [0.15, 0.2) is 59.2 Å². The van der Waals surface area contributed by atoms with Crippen molar-refractivity contribution in [2.45, 2.75) is 13.3 Å². The van der Waals surface area contributed by atoms with Crippen LogP contribution in [0.3, 0.4) is 0 Å². The molecule has 21 heavy (non-hydrogen) atoms. The summed E-state index contributed by atoms with van der Waals surface area (Å²) in [5, 5.41) is 2.77. The van der Waals surface area contributed by atoms with Crippen LogP contribution in [-0.4, -0.2) is 5.78 Å². The number of benzene rings is 2. The number of rotatable bonds is 5. The second kappa shape index (κ2) is 7.18. The molecule has 4 heteroatoms. The van der Waals surface area contributed by atoms with E-state index in [4.69, 9.17) is 0 Å². The van der Waals surface area contributed by atoms with E-state index >= 15 is 0 Å². The first-order valence-corrected chi connectivity index (χ1v) is 7.41. The van der Waals surface area contributed by atoms with Gasteiger partial charge in [-0.15, -0.1) is 0 Å². The maximum Gasteiger partial charge on any atom is 0.187 e. The molecule has 0 saturated carbocycles. The smallest absolute Gasteiger partial charge is 0.187 e. The van der Waals surface area contributed by atoms with Crippen molar-refractivity contribution < 1.29 is 9.18 Å². The van der Waals surface area contributed by atoms with E-state index in [0.29, 0.717) is 15.7 Å². The fourth-order valence-electron chi connectivity index (χ4n) is 1.81. The van der Waals surface area contributed by atoms with E-state index in [2.05, 4.69) is 28.2 Å². The third-order valence-corrected chi connectivity index (χ3v) is 3.54. The Labute approximate surface area is 131 Å². The molecular formula is C17H15BrFNO. The highest BCUT2D eigenvalue weighted by atomic mass is 79.9. The van der Waals surface area contributed by atoms with Crippen molar-refractivity contribution in [2.75, 3.05) is 5.32 Å². The number of ketones is 1. The molecule has 0 unspecified atom stereocenters. The van der Waals surface area contributed by atoms with E-state index in [1.54, 1.807) is 24.3 Å². The Hall–Kier alpha value is -1.94. The zero-order valence-electron chi connectivity index (χ0n) is 11.6.